The predicted octanol–water partition coefficient (Wildman–Crippen LogP) is 14.0. The largest absolute Gasteiger partial charge is 0.345 e. The Morgan fingerprint density at radius 1 is 0.528 bits per heavy atom. The van der Waals surface area contributed by atoms with Gasteiger partial charge < -0.3 is 9.47 Å². The van der Waals surface area contributed by atoms with E-state index in [2.05, 4.69) is 158 Å². The number of benzene rings is 6. The van der Waals surface area contributed by atoms with Gasteiger partial charge in [-0.1, -0.05) is 161 Å². The van der Waals surface area contributed by atoms with Crippen LogP contribution in [0.25, 0.3) is 38.6 Å². The average Bonchev–Trinajstić information content (AvgIpc) is 3.68. The first-order valence-electron chi connectivity index (χ1n) is 20.3. The molecule has 0 amide bonds. The maximum absolute atomic E-state index is 2.53. The van der Waals surface area contributed by atoms with E-state index >= 15 is 0 Å². The first-order valence-corrected chi connectivity index (χ1v) is 20.3. The second kappa shape index (κ2) is 14.0. The fourth-order valence-electron chi connectivity index (χ4n) is 9.77. The highest BCUT2D eigenvalue weighted by Crippen LogP contribution is 2.61. The van der Waals surface area contributed by atoms with Crippen LogP contribution < -0.4 is 4.90 Å². The van der Waals surface area contributed by atoms with Crippen LogP contribution in [0.5, 0.6) is 0 Å². The molecule has 1 unspecified atom stereocenters. The second-order valence-electron chi connectivity index (χ2n) is 15.8. The van der Waals surface area contributed by atoms with E-state index in [4.69, 9.17) is 0 Å². The maximum Gasteiger partial charge on any atom is 0.0755 e. The molecule has 0 bridgehead atoms. The Hall–Kier alpha value is -5.08. The first kappa shape index (κ1) is 33.7. The van der Waals surface area contributed by atoms with E-state index in [0.29, 0.717) is 0 Å². The van der Waals surface area contributed by atoms with Gasteiger partial charge in [-0.05, 0) is 95.1 Å². The summed E-state index contributed by atoms with van der Waals surface area (Å²) in [6.07, 6.45) is 15.0. The number of rotatable bonds is 13. The summed E-state index contributed by atoms with van der Waals surface area (Å²) >= 11 is 0. The van der Waals surface area contributed by atoms with Crippen LogP contribution in [-0.2, 0) is 11.8 Å². The molecule has 1 aromatic heterocycles. The Morgan fingerprint density at radius 2 is 1.15 bits per heavy atom. The van der Waals surface area contributed by atoms with Crippen molar-refractivity contribution in [3.63, 3.8) is 0 Å². The van der Waals surface area contributed by atoms with Crippen LogP contribution in [0.15, 0.2) is 127 Å². The zero-order valence-corrected chi connectivity index (χ0v) is 31.8. The monoisotopic (exact) mass is 692 g/mol. The van der Waals surface area contributed by atoms with E-state index in [1.54, 1.807) is 0 Å². The van der Waals surface area contributed by atoms with Crippen LogP contribution in [-0.4, -0.2) is 11.6 Å². The summed E-state index contributed by atoms with van der Waals surface area (Å²) in [7, 11) is 2.23. The molecule has 0 N–H and O–H groups in total. The van der Waals surface area contributed by atoms with Gasteiger partial charge in [0.15, 0.2) is 0 Å². The van der Waals surface area contributed by atoms with Crippen molar-refractivity contribution in [1.29, 1.82) is 0 Å². The molecule has 9 rings (SSSR count). The molecule has 1 atom stereocenters. The lowest BCUT2D eigenvalue weighted by atomic mass is 9.65. The third kappa shape index (κ3) is 5.52. The molecule has 2 heteroatoms. The number of hydrogen-bond donors (Lipinski definition) is 0. The fraction of sp³-hybridized carbons (Fsp3) is 0.294. The molecule has 1 spiro atoms. The van der Waals surface area contributed by atoms with Crippen LogP contribution in [0.2, 0.25) is 0 Å². The molecule has 2 nitrogen and oxygen atoms in total. The quantitative estimate of drug-likeness (QED) is 0.109. The summed E-state index contributed by atoms with van der Waals surface area (Å²) in [6, 6.07) is 48.7. The number of unbranched alkanes of at least 4 members (excludes halogenated alkanes) is 9. The first-order chi connectivity index (χ1) is 26.1. The molecule has 6 aromatic carbocycles. The van der Waals surface area contributed by atoms with Crippen LogP contribution in [0.3, 0.4) is 0 Å². The van der Waals surface area contributed by atoms with E-state index in [9.17, 15) is 0 Å². The molecule has 1 aliphatic heterocycles. The van der Waals surface area contributed by atoms with E-state index in [1.165, 1.54) is 154 Å². The van der Waals surface area contributed by atoms with Crippen molar-refractivity contribution in [1.82, 2.24) is 4.57 Å². The summed E-state index contributed by atoms with van der Waals surface area (Å²) in [4.78, 5) is 2.37. The van der Waals surface area contributed by atoms with Gasteiger partial charge in [-0.25, -0.2) is 0 Å². The number of para-hydroxylation sites is 3. The molecule has 53 heavy (non-hydrogen) atoms. The highest BCUT2D eigenvalue weighted by molar-refractivity contribution is 6.12. The number of fused-ring (bicyclic) bond motifs is 12. The molecule has 2 aliphatic rings. The number of aromatic nitrogens is 1. The predicted molar refractivity (Wildman–Crippen MR) is 226 cm³/mol. The Morgan fingerprint density at radius 3 is 1.94 bits per heavy atom. The maximum atomic E-state index is 2.53. The Balaban J connectivity index is 1.06. The van der Waals surface area contributed by atoms with Crippen molar-refractivity contribution >= 4 is 33.2 Å². The molecule has 266 valence electrons. The summed E-state index contributed by atoms with van der Waals surface area (Å²) in [5.41, 5.74) is 16.8. The third-order valence-corrected chi connectivity index (χ3v) is 12.5. The zero-order valence-electron chi connectivity index (χ0n) is 31.8. The normalized spacial score (nSPS) is 15.2. The average molecular weight is 693 g/mol. The van der Waals surface area contributed by atoms with E-state index in [0.717, 1.165) is 0 Å². The van der Waals surface area contributed by atoms with Crippen molar-refractivity contribution in [3.05, 3.63) is 161 Å². The van der Waals surface area contributed by atoms with E-state index < -0.39 is 5.41 Å². The van der Waals surface area contributed by atoms with Crippen LogP contribution >= 0.6 is 0 Å². The number of aryl methyl sites for hydroxylation is 2. The van der Waals surface area contributed by atoms with Gasteiger partial charge in [0.1, 0.15) is 0 Å². The lowest BCUT2D eigenvalue weighted by Crippen LogP contribution is -2.33. The van der Waals surface area contributed by atoms with Gasteiger partial charge in [-0.3, -0.25) is 0 Å². The lowest BCUT2D eigenvalue weighted by Gasteiger charge is -2.40. The summed E-state index contributed by atoms with van der Waals surface area (Å²) in [6.45, 7) is 4.54. The van der Waals surface area contributed by atoms with E-state index in [1.807, 2.05) is 0 Å². The fourth-order valence-corrected chi connectivity index (χ4v) is 9.77. The van der Waals surface area contributed by atoms with Gasteiger partial charge in [0.25, 0.3) is 0 Å². The molecule has 0 saturated carbocycles. The summed E-state index contributed by atoms with van der Waals surface area (Å²) in [5.74, 6) is 0. The van der Waals surface area contributed by atoms with Gasteiger partial charge in [0, 0.05) is 29.2 Å². The SMILES string of the molecule is CCCCCCCCCCCCc1ccc(N(C)c2ccc3c(c2)C2(c4cc(C)ccc4-3)c3ccccc3-n3c4ccccc4c4cccc2c43)cc1. The number of hydrogen-bond acceptors (Lipinski definition) is 1. The lowest BCUT2D eigenvalue weighted by molar-refractivity contribution is 0.556. The van der Waals surface area contributed by atoms with E-state index in [-0.39, 0.29) is 0 Å². The van der Waals surface area contributed by atoms with Crippen LogP contribution in [0.1, 0.15) is 105 Å². The van der Waals surface area contributed by atoms with Gasteiger partial charge in [0.05, 0.1) is 22.1 Å². The molecule has 7 aromatic rings. The van der Waals surface area contributed by atoms with Gasteiger partial charge >= 0.3 is 0 Å². The summed E-state index contributed by atoms with van der Waals surface area (Å²) < 4.78 is 2.53. The minimum atomic E-state index is -0.438. The minimum Gasteiger partial charge on any atom is -0.345 e. The molecule has 0 radical (unpaired) electrons. The topological polar surface area (TPSA) is 8.17 Å². The van der Waals surface area contributed by atoms with Crippen molar-refractivity contribution in [2.75, 3.05) is 11.9 Å². The molecule has 1 aliphatic carbocycles. The standard InChI is InChI=1S/C51H52N2/c1-4-5-6-7-8-9-10-11-12-13-19-37-27-29-38(30-28-37)52(3)39-31-33-41-40-32-26-36(2)34-46(40)51(47(41)35-39)44-22-15-17-25-49(44)53-48-24-16-14-20-42(48)43-21-18-23-45(51)50(43)53/h14-18,20-35H,4-13,19H2,1-3H3. The molecular weight excluding hydrogens is 641 g/mol. The minimum absolute atomic E-state index is 0.438. The van der Waals surface area contributed by atoms with Crippen molar-refractivity contribution < 1.29 is 0 Å². The van der Waals surface area contributed by atoms with Crippen LogP contribution in [0, 0.1) is 6.92 Å². The zero-order chi connectivity index (χ0) is 35.9. The van der Waals surface area contributed by atoms with Gasteiger partial charge in [0.2, 0.25) is 0 Å². The van der Waals surface area contributed by atoms with Crippen molar-refractivity contribution in [2.24, 2.45) is 0 Å². The Kier molecular flexibility index (Phi) is 8.94. The summed E-state index contributed by atoms with van der Waals surface area (Å²) in [5, 5.41) is 2.63. The number of nitrogens with zero attached hydrogens (tertiary/aromatic N) is 2. The van der Waals surface area contributed by atoms with Crippen molar-refractivity contribution in [3.8, 4) is 16.8 Å². The van der Waals surface area contributed by atoms with Crippen LogP contribution in [0.4, 0.5) is 11.4 Å². The Labute approximate surface area is 316 Å². The molecule has 2 heterocycles. The van der Waals surface area contributed by atoms with Gasteiger partial charge in [-0.15, -0.1) is 0 Å². The van der Waals surface area contributed by atoms with Crippen molar-refractivity contribution in [2.45, 2.75) is 89.9 Å². The molecule has 0 fully saturated rings. The third-order valence-electron chi connectivity index (χ3n) is 12.5. The number of anilines is 2. The highest BCUT2D eigenvalue weighted by atomic mass is 15.1. The molecule has 0 saturated heterocycles. The Bertz CT molecular complexity index is 2430. The smallest absolute Gasteiger partial charge is 0.0755 e. The molecular formula is C51H52N2. The second-order valence-corrected chi connectivity index (χ2v) is 15.8. The van der Waals surface area contributed by atoms with Gasteiger partial charge in [-0.2, -0.15) is 0 Å². The highest BCUT2D eigenvalue weighted by Gasteiger charge is 2.51.